The Labute approximate surface area is 165 Å². The lowest BCUT2D eigenvalue weighted by molar-refractivity contribution is -0.122. The molecule has 0 bridgehead atoms. The molecular weight excluding hydrogens is 352 g/mol. The highest BCUT2D eigenvalue weighted by Crippen LogP contribution is 2.30. The van der Waals surface area contributed by atoms with Crippen LogP contribution in [-0.2, 0) is 11.3 Å². The van der Waals surface area contributed by atoms with Crippen molar-refractivity contribution >= 4 is 5.91 Å². The Morgan fingerprint density at radius 2 is 1.93 bits per heavy atom. The van der Waals surface area contributed by atoms with Crippen molar-refractivity contribution in [2.75, 3.05) is 19.6 Å². The van der Waals surface area contributed by atoms with Crippen LogP contribution in [0.3, 0.4) is 0 Å². The third-order valence-corrected chi connectivity index (χ3v) is 6.05. The van der Waals surface area contributed by atoms with Crippen LogP contribution in [0, 0.1) is 5.92 Å². The summed E-state index contributed by atoms with van der Waals surface area (Å²) in [6, 6.07) is 10.3. The van der Waals surface area contributed by atoms with Crippen molar-refractivity contribution in [3.05, 3.63) is 53.1 Å². The fraction of sp³-hybridized carbons (Fsp3) is 0.500. The van der Waals surface area contributed by atoms with Crippen LogP contribution in [0.4, 0.5) is 0 Å². The van der Waals surface area contributed by atoms with Gasteiger partial charge >= 0.3 is 0 Å². The maximum atomic E-state index is 12.5. The Bertz CT molecular complexity index is 862. The predicted molar refractivity (Wildman–Crippen MR) is 109 cm³/mol. The van der Waals surface area contributed by atoms with Crippen molar-refractivity contribution in [3.63, 3.8) is 0 Å². The van der Waals surface area contributed by atoms with Crippen LogP contribution in [0.15, 0.2) is 47.5 Å². The number of amides is 1. The SMILES string of the molecule is O=C(Cn1cc(-c2ccccc2)ncc1=O)NC[C@@H]1CCCN2CCCC[C@@H]12. The van der Waals surface area contributed by atoms with E-state index < -0.39 is 0 Å². The van der Waals surface area contributed by atoms with Gasteiger partial charge in [-0.2, -0.15) is 0 Å². The van der Waals surface area contributed by atoms with Gasteiger partial charge in [0.15, 0.2) is 0 Å². The molecule has 2 saturated heterocycles. The van der Waals surface area contributed by atoms with Crippen LogP contribution in [-0.4, -0.2) is 46.0 Å². The van der Waals surface area contributed by atoms with E-state index in [4.69, 9.17) is 0 Å². The quantitative estimate of drug-likeness (QED) is 0.864. The van der Waals surface area contributed by atoms with Crippen LogP contribution in [0.2, 0.25) is 0 Å². The molecule has 28 heavy (non-hydrogen) atoms. The van der Waals surface area contributed by atoms with Gasteiger partial charge in [-0.05, 0) is 44.7 Å². The molecule has 0 unspecified atom stereocenters. The van der Waals surface area contributed by atoms with Gasteiger partial charge in [-0.25, -0.2) is 4.98 Å². The number of carbonyl (C=O) groups excluding carboxylic acids is 1. The summed E-state index contributed by atoms with van der Waals surface area (Å²) in [5.74, 6) is 0.410. The molecule has 1 amide bonds. The van der Waals surface area contributed by atoms with Crippen molar-refractivity contribution in [3.8, 4) is 11.3 Å². The molecule has 2 aliphatic heterocycles. The summed E-state index contributed by atoms with van der Waals surface area (Å²) in [5.41, 5.74) is 1.36. The van der Waals surface area contributed by atoms with Gasteiger partial charge in [0.1, 0.15) is 6.54 Å². The summed E-state index contributed by atoms with van der Waals surface area (Å²) >= 11 is 0. The van der Waals surface area contributed by atoms with Gasteiger partial charge in [0, 0.05) is 24.3 Å². The Kier molecular flexibility index (Phi) is 5.86. The lowest BCUT2D eigenvalue weighted by Crippen LogP contribution is -2.51. The van der Waals surface area contributed by atoms with E-state index in [-0.39, 0.29) is 18.0 Å². The Morgan fingerprint density at radius 1 is 1.11 bits per heavy atom. The molecule has 148 valence electrons. The van der Waals surface area contributed by atoms with Crippen LogP contribution in [0.1, 0.15) is 32.1 Å². The minimum absolute atomic E-state index is 0.0300. The number of fused-ring (bicyclic) bond motifs is 1. The Hall–Kier alpha value is -2.47. The third-order valence-electron chi connectivity index (χ3n) is 6.05. The molecule has 0 spiro atoms. The first-order chi connectivity index (χ1) is 13.7. The standard InChI is InChI=1S/C22H28N4O2/c27-21(24-13-18-9-6-12-25-11-5-4-10-20(18)25)16-26-15-19(23-14-22(26)28)17-7-2-1-3-8-17/h1-3,7-8,14-15,18,20H,4-6,9-13,16H2,(H,24,27)/t18-,20-/m0/s1. The van der Waals surface area contributed by atoms with E-state index in [0.717, 1.165) is 5.56 Å². The van der Waals surface area contributed by atoms with Crippen molar-refractivity contribution in [2.45, 2.75) is 44.7 Å². The molecule has 4 rings (SSSR count). The fourth-order valence-corrected chi connectivity index (χ4v) is 4.60. The molecule has 2 fully saturated rings. The molecule has 0 saturated carbocycles. The van der Waals surface area contributed by atoms with Gasteiger partial charge in [0.05, 0.1) is 11.9 Å². The molecule has 6 nitrogen and oxygen atoms in total. The summed E-state index contributed by atoms with van der Waals surface area (Å²) in [5, 5.41) is 3.07. The molecule has 2 aromatic rings. The second-order valence-electron chi connectivity index (χ2n) is 7.91. The minimum Gasteiger partial charge on any atom is -0.354 e. The smallest absolute Gasteiger partial charge is 0.269 e. The maximum Gasteiger partial charge on any atom is 0.269 e. The normalized spacial score (nSPS) is 22.4. The highest BCUT2D eigenvalue weighted by atomic mass is 16.2. The topological polar surface area (TPSA) is 67.2 Å². The zero-order valence-electron chi connectivity index (χ0n) is 16.2. The number of nitrogens with one attached hydrogen (secondary N) is 1. The zero-order valence-corrected chi connectivity index (χ0v) is 16.2. The summed E-state index contributed by atoms with van der Waals surface area (Å²) in [7, 11) is 0. The lowest BCUT2D eigenvalue weighted by atomic mass is 9.83. The van der Waals surface area contributed by atoms with Gasteiger partial charge in [-0.3, -0.25) is 9.59 Å². The van der Waals surface area contributed by atoms with Crippen molar-refractivity contribution < 1.29 is 4.79 Å². The summed E-state index contributed by atoms with van der Waals surface area (Å²) in [4.78, 5) is 31.5. The molecule has 2 aliphatic rings. The summed E-state index contributed by atoms with van der Waals surface area (Å²) in [6.07, 6.45) is 9.17. The molecule has 3 heterocycles. The van der Waals surface area contributed by atoms with Crippen LogP contribution in [0.5, 0.6) is 0 Å². The monoisotopic (exact) mass is 380 g/mol. The van der Waals surface area contributed by atoms with Crippen LogP contribution < -0.4 is 10.9 Å². The van der Waals surface area contributed by atoms with E-state index >= 15 is 0 Å². The van der Waals surface area contributed by atoms with Gasteiger partial charge in [-0.15, -0.1) is 0 Å². The maximum absolute atomic E-state index is 12.5. The number of aromatic nitrogens is 2. The van der Waals surface area contributed by atoms with Crippen molar-refractivity contribution in [1.82, 2.24) is 19.8 Å². The zero-order chi connectivity index (χ0) is 19.3. The molecular formula is C22H28N4O2. The first-order valence-corrected chi connectivity index (χ1v) is 10.3. The average Bonchev–Trinajstić information content (AvgIpc) is 2.74. The van der Waals surface area contributed by atoms with Gasteiger partial charge in [0.2, 0.25) is 5.91 Å². The van der Waals surface area contributed by atoms with E-state index in [9.17, 15) is 9.59 Å². The molecule has 0 radical (unpaired) electrons. The highest BCUT2D eigenvalue weighted by molar-refractivity contribution is 5.75. The average molecular weight is 380 g/mol. The second-order valence-corrected chi connectivity index (χ2v) is 7.91. The first kappa shape index (κ1) is 18.9. The van der Waals surface area contributed by atoms with E-state index in [2.05, 4.69) is 15.2 Å². The number of benzene rings is 1. The Balaban J connectivity index is 1.38. The largest absolute Gasteiger partial charge is 0.354 e. The Morgan fingerprint density at radius 3 is 2.79 bits per heavy atom. The molecule has 6 heteroatoms. The molecule has 1 N–H and O–H groups in total. The van der Waals surface area contributed by atoms with Crippen LogP contribution >= 0.6 is 0 Å². The van der Waals surface area contributed by atoms with E-state index in [1.54, 1.807) is 6.20 Å². The summed E-state index contributed by atoms with van der Waals surface area (Å²) < 4.78 is 1.44. The first-order valence-electron chi connectivity index (χ1n) is 10.3. The lowest BCUT2D eigenvalue weighted by Gasteiger charge is -2.44. The number of piperidine rings is 2. The molecule has 0 aliphatic carbocycles. The predicted octanol–water partition coefficient (Wildman–Crippen LogP) is 2.29. The van der Waals surface area contributed by atoms with Gasteiger partial charge in [0.25, 0.3) is 5.56 Å². The minimum atomic E-state index is -0.258. The number of carbonyl (C=O) groups is 1. The van der Waals surface area contributed by atoms with E-state index in [1.165, 1.54) is 56.0 Å². The second kappa shape index (κ2) is 8.69. The molecule has 1 aromatic carbocycles. The molecule has 1 aromatic heterocycles. The van der Waals surface area contributed by atoms with E-state index in [0.29, 0.717) is 24.2 Å². The van der Waals surface area contributed by atoms with Crippen molar-refractivity contribution in [2.24, 2.45) is 5.92 Å². The third kappa shape index (κ3) is 4.33. The van der Waals surface area contributed by atoms with Crippen molar-refractivity contribution in [1.29, 1.82) is 0 Å². The van der Waals surface area contributed by atoms with Gasteiger partial charge in [-0.1, -0.05) is 36.8 Å². The number of nitrogens with zero attached hydrogens (tertiary/aromatic N) is 3. The van der Waals surface area contributed by atoms with Gasteiger partial charge < -0.3 is 14.8 Å². The number of rotatable bonds is 5. The van der Waals surface area contributed by atoms with E-state index in [1.807, 2.05) is 30.3 Å². The highest BCUT2D eigenvalue weighted by Gasteiger charge is 2.32. The number of hydrogen-bond acceptors (Lipinski definition) is 4. The molecule has 2 atom stereocenters. The van der Waals surface area contributed by atoms with Crippen LogP contribution in [0.25, 0.3) is 11.3 Å². The fourth-order valence-electron chi connectivity index (χ4n) is 4.60. The summed E-state index contributed by atoms with van der Waals surface area (Å²) in [6.45, 7) is 3.13. The number of hydrogen-bond donors (Lipinski definition) is 1.